The van der Waals surface area contributed by atoms with E-state index in [2.05, 4.69) is 21.3 Å². The van der Waals surface area contributed by atoms with E-state index in [9.17, 15) is 9.59 Å². The van der Waals surface area contributed by atoms with Crippen LogP contribution < -0.4 is 27.0 Å². The van der Waals surface area contributed by atoms with Crippen LogP contribution in [0.2, 0.25) is 0 Å². The minimum absolute atomic E-state index is 0.138. The molecule has 2 amide bonds. The van der Waals surface area contributed by atoms with E-state index in [0.717, 1.165) is 0 Å². The minimum atomic E-state index is -0.821. The molecule has 0 spiro atoms. The van der Waals surface area contributed by atoms with E-state index in [1.54, 1.807) is 0 Å². The van der Waals surface area contributed by atoms with Crippen LogP contribution in [0.25, 0.3) is 0 Å². The summed E-state index contributed by atoms with van der Waals surface area (Å²) in [6.07, 6.45) is -0.816. The van der Waals surface area contributed by atoms with E-state index < -0.39 is 12.5 Å². The number of amides is 2. The predicted molar refractivity (Wildman–Crippen MR) is 56.8 cm³/mol. The number of rotatable bonds is 6. The van der Waals surface area contributed by atoms with Gasteiger partial charge in [0.05, 0.1) is 0 Å². The van der Waals surface area contributed by atoms with Crippen molar-refractivity contribution >= 4 is 12.3 Å². The van der Waals surface area contributed by atoms with Crippen molar-refractivity contribution in [1.29, 1.82) is 0 Å². The summed E-state index contributed by atoms with van der Waals surface area (Å²) < 4.78 is 0. The molecule has 0 aliphatic heterocycles. The Morgan fingerprint density at radius 3 is 2.33 bits per heavy atom. The standard InChI is InChI=1S/C8H19N5O2/c1-5(2)11-7(12-6(9)4-14)13-8(15)10-3/h4-7,11-12H,9H2,1-3H3,(H2,10,13,15). The third-order valence-corrected chi connectivity index (χ3v) is 1.51. The van der Waals surface area contributed by atoms with Crippen LogP contribution in [-0.2, 0) is 4.79 Å². The van der Waals surface area contributed by atoms with E-state index in [1.165, 1.54) is 7.05 Å². The lowest BCUT2D eigenvalue weighted by molar-refractivity contribution is -0.109. The number of carbonyl (C=O) groups excluding carboxylic acids is 2. The van der Waals surface area contributed by atoms with Crippen LogP contribution in [0.5, 0.6) is 0 Å². The van der Waals surface area contributed by atoms with E-state index in [4.69, 9.17) is 5.73 Å². The fourth-order valence-corrected chi connectivity index (χ4v) is 0.900. The molecular weight excluding hydrogens is 198 g/mol. The Morgan fingerprint density at radius 2 is 1.93 bits per heavy atom. The fraction of sp³-hybridized carbons (Fsp3) is 0.750. The van der Waals surface area contributed by atoms with Crippen molar-refractivity contribution in [2.45, 2.75) is 32.3 Å². The zero-order valence-electron chi connectivity index (χ0n) is 9.20. The van der Waals surface area contributed by atoms with Crippen LogP contribution in [0.4, 0.5) is 4.79 Å². The Bertz CT molecular complexity index is 209. The maximum absolute atomic E-state index is 11.0. The lowest BCUT2D eigenvalue weighted by atomic mass is 10.4. The van der Waals surface area contributed by atoms with Crippen LogP contribution in [0, 0.1) is 0 Å². The smallest absolute Gasteiger partial charge is 0.316 e. The fourth-order valence-electron chi connectivity index (χ4n) is 0.900. The van der Waals surface area contributed by atoms with Gasteiger partial charge in [-0.25, -0.2) is 4.79 Å². The summed E-state index contributed by atoms with van der Waals surface area (Å²) in [5, 5.41) is 10.6. The van der Waals surface area contributed by atoms with Gasteiger partial charge < -0.3 is 21.2 Å². The highest BCUT2D eigenvalue weighted by Gasteiger charge is 2.14. The zero-order chi connectivity index (χ0) is 11.8. The Balaban J connectivity index is 4.17. The van der Waals surface area contributed by atoms with Crippen molar-refractivity contribution in [3.05, 3.63) is 0 Å². The van der Waals surface area contributed by atoms with Gasteiger partial charge in [0.2, 0.25) is 0 Å². The topological polar surface area (TPSA) is 108 Å². The summed E-state index contributed by atoms with van der Waals surface area (Å²) in [7, 11) is 1.50. The van der Waals surface area contributed by atoms with E-state index in [-0.39, 0.29) is 12.1 Å². The molecule has 0 aliphatic rings. The Kier molecular flexibility index (Phi) is 6.59. The number of aldehydes is 1. The summed E-state index contributed by atoms with van der Waals surface area (Å²) in [4.78, 5) is 21.4. The van der Waals surface area contributed by atoms with Gasteiger partial charge >= 0.3 is 6.03 Å². The van der Waals surface area contributed by atoms with Crippen LogP contribution in [0.3, 0.4) is 0 Å². The van der Waals surface area contributed by atoms with Crippen molar-refractivity contribution in [2.24, 2.45) is 5.73 Å². The molecule has 0 aromatic carbocycles. The maximum Gasteiger partial charge on any atom is 0.316 e. The summed E-state index contributed by atoms with van der Waals surface area (Å²) >= 11 is 0. The monoisotopic (exact) mass is 217 g/mol. The van der Waals surface area contributed by atoms with Crippen LogP contribution in [0.15, 0.2) is 0 Å². The molecule has 0 fully saturated rings. The molecule has 0 saturated carbocycles. The molecule has 6 N–H and O–H groups in total. The average Bonchev–Trinajstić information content (AvgIpc) is 2.16. The summed E-state index contributed by atoms with van der Waals surface area (Å²) in [6, 6.07) is -0.225. The Hall–Kier alpha value is -1.18. The molecule has 7 heteroatoms. The summed E-state index contributed by atoms with van der Waals surface area (Å²) in [5.74, 6) is 0. The second kappa shape index (κ2) is 7.16. The van der Waals surface area contributed by atoms with Gasteiger partial charge in [-0.2, -0.15) is 0 Å². The molecule has 2 unspecified atom stereocenters. The van der Waals surface area contributed by atoms with Gasteiger partial charge in [0.15, 0.2) is 6.29 Å². The third-order valence-electron chi connectivity index (χ3n) is 1.51. The van der Waals surface area contributed by atoms with Gasteiger partial charge in [-0.1, -0.05) is 0 Å². The molecule has 0 saturated heterocycles. The first kappa shape index (κ1) is 13.8. The molecule has 15 heavy (non-hydrogen) atoms. The van der Waals surface area contributed by atoms with Crippen molar-refractivity contribution in [3.8, 4) is 0 Å². The summed E-state index contributed by atoms with van der Waals surface area (Å²) in [6.45, 7) is 3.82. The lowest BCUT2D eigenvalue weighted by Crippen LogP contribution is -2.62. The van der Waals surface area contributed by atoms with Gasteiger partial charge in [0.25, 0.3) is 0 Å². The molecule has 2 atom stereocenters. The van der Waals surface area contributed by atoms with E-state index >= 15 is 0 Å². The zero-order valence-corrected chi connectivity index (χ0v) is 9.20. The SMILES string of the molecule is CNC(=O)NC(NC(C)C)NC(N)C=O. The van der Waals surface area contributed by atoms with Crippen LogP contribution in [-0.4, -0.2) is 37.9 Å². The highest BCUT2D eigenvalue weighted by molar-refractivity contribution is 5.73. The number of hydrogen-bond acceptors (Lipinski definition) is 5. The number of hydrogen-bond donors (Lipinski definition) is 5. The first-order valence-corrected chi connectivity index (χ1v) is 4.70. The van der Waals surface area contributed by atoms with Crippen LogP contribution in [0.1, 0.15) is 13.8 Å². The summed E-state index contributed by atoms with van der Waals surface area (Å²) in [5.41, 5.74) is 5.38. The van der Waals surface area contributed by atoms with Crippen molar-refractivity contribution in [1.82, 2.24) is 21.3 Å². The molecule has 0 radical (unpaired) electrons. The molecule has 0 bridgehead atoms. The molecule has 88 valence electrons. The van der Waals surface area contributed by atoms with Gasteiger partial charge in [-0.3, -0.25) is 10.6 Å². The largest absolute Gasteiger partial charge is 0.341 e. The first-order chi connectivity index (χ1) is 6.99. The van der Waals surface area contributed by atoms with Crippen molar-refractivity contribution in [2.75, 3.05) is 7.05 Å². The van der Waals surface area contributed by atoms with Gasteiger partial charge in [-0.15, -0.1) is 0 Å². The average molecular weight is 217 g/mol. The molecule has 0 aromatic rings. The second-order valence-corrected chi connectivity index (χ2v) is 3.31. The highest BCUT2D eigenvalue weighted by atomic mass is 16.2. The number of nitrogens with one attached hydrogen (secondary N) is 4. The molecule has 0 aliphatic carbocycles. The quantitative estimate of drug-likeness (QED) is 0.268. The minimum Gasteiger partial charge on any atom is -0.341 e. The van der Waals surface area contributed by atoms with Crippen molar-refractivity contribution < 1.29 is 9.59 Å². The normalized spacial score (nSPS) is 14.5. The number of carbonyl (C=O) groups is 2. The lowest BCUT2D eigenvalue weighted by Gasteiger charge is -2.24. The number of urea groups is 1. The third kappa shape index (κ3) is 6.83. The van der Waals surface area contributed by atoms with E-state index in [0.29, 0.717) is 6.29 Å². The van der Waals surface area contributed by atoms with Crippen LogP contribution >= 0.6 is 0 Å². The van der Waals surface area contributed by atoms with Crippen molar-refractivity contribution in [3.63, 3.8) is 0 Å². The molecular formula is C8H19N5O2. The maximum atomic E-state index is 11.0. The highest BCUT2D eigenvalue weighted by Crippen LogP contribution is 1.81. The Morgan fingerprint density at radius 1 is 1.33 bits per heavy atom. The molecule has 0 aromatic heterocycles. The molecule has 0 rings (SSSR count). The van der Waals surface area contributed by atoms with Gasteiger partial charge in [-0.05, 0) is 13.8 Å². The number of nitrogens with two attached hydrogens (primary N) is 1. The predicted octanol–water partition coefficient (Wildman–Crippen LogP) is -1.73. The van der Waals surface area contributed by atoms with Gasteiger partial charge in [0.1, 0.15) is 12.5 Å². The van der Waals surface area contributed by atoms with E-state index in [1.807, 2.05) is 13.8 Å². The van der Waals surface area contributed by atoms with Gasteiger partial charge in [0, 0.05) is 13.1 Å². The molecule has 0 heterocycles. The second-order valence-electron chi connectivity index (χ2n) is 3.31. The first-order valence-electron chi connectivity index (χ1n) is 4.70. The Labute approximate surface area is 89.2 Å². The molecule has 7 nitrogen and oxygen atoms in total.